The van der Waals surface area contributed by atoms with Gasteiger partial charge in [0.2, 0.25) is 11.8 Å². The minimum Gasteiger partial charge on any atom is -0.493 e. The third kappa shape index (κ3) is 4.62. The summed E-state index contributed by atoms with van der Waals surface area (Å²) in [6.07, 6.45) is 2.83. The second kappa shape index (κ2) is 8.17. The third-order valence-electron chi connectivity index (χ3n) is 4.52. The molecule has 0 spiro atoms. The molecule has 1 saturated heterocycles. The number of carbonyl (C=O) groups is 1. The van der Waals surface area contributed by atoms with Crippen LogP contribution in [0.1, 0.15) is 11.1 Å². The molecule has 144 valence electrons. The summed E-state index contributed by atoms with van der Waals surface area (Å²) in [7, 11) is 4.03. The summed E-state index contributed by atoms with van der Waals surface area (Å²) in [6.45, 7) is 3.26. The SMILES string of the molecule is CN(C)Cc1ccc(N2CCN(C(=O)Cc3c(O)nc[nH]c3=O)CC2)nc1. The van der Waals surface area contributed by atoms with Crippen molar-refractivity contribution in [2.24, 2.45) is 0 Å². The molecule has 1 amide bonds. The molecule has 0 atom stereocenters. The van der Waals surface area contributed by atoms with Crippen LogP contribution in [0.2, 0.25) is 0 Å². The molecule has 0 radical (unpaired) electrons. The van der Waals surface area contributed by atoms with E-state index in [1.807, 2.05) is 26.4 Å². The molecule has 2 aromatic rings. The van der Waals surface area contributed by atoms with Crippen LogP contribution < -0.4 is 10.5 Å². The van der Waals surface area contributed by atoms with E-state index in [0.29, 0.717) is 26.2 Å². The van der Waals surface area contributed by atoms with Crippen molar-refractivity contribution in [1.82, 2.24) is 24.8 Å². The van der Waals surface area contributed by atoms with Crippen molar-refractivity contribution in [3.63, 3.8) is 0 Å². The van der Waals surface area contributed by atoms with E-state index in [9.17, 15) is 14.7 Å². The van der Waals surface area contributed by atoms with Gasteiger partial charge in [0.25, 0.3) is 5.56 Å². The quantitative estimate of drug-likeness (QED) is 0.750. The standard InChI is InChI=1S/C18H24N6O3/c1-22(2)11-13-3-4-15(19-10-13)23-5-7-24(8-6-23)16(25)9-14-17(26)20-12-21-18(14)27/h3-4,10,12H,5-9,11H2,1-2H3,(H2,20,21,26,27). The fourth-order valence-electron chi connectivity index (χ4n) is 3.09. The first-order chi connectivity index (χ1) is 12.9. The number of amides is 1. The van der Waals surface area contributed by atoms with Crippen molar-refractivity contribution in [2.75, 3.05) is 45.2 Å². The Hall–Kier alpha value is -2.94. The molecule has 2 N–H and O–H groups in total. The summed E-state index contributed by atoms with van der Waals surface area (Å²) < 4.78 is 0. The largest absolute Gasteiger partial charge is 0.493 e. The maximum Gasteiger partial charge on any atom is 0.258 e. The zero-order valence-corrected chi connectivity index (χ0v) is 15.6. The second-order valence-corrected chi connectivity index (χ2v) is 6.84. The lowest BCUT2D eigenvalue weighted by Crippen LogP contribution is -2.49. The van der Waals surface area contributed by atoms with Gasteiger partial charge in [-0.25, -0.2) is 9.97 Å². The van der Waals surface area contributed by atoms with Crippen molar-refractivity contribution >= 4 is 11.7 Å². The Labute approximate surface area is 157 Å². The zero-order valence-electron chi connectivity index (χ0n) is 15.6. The van der Waals surface area contributed by atoms with Crippen LogP contribution >= 0.6 is 0 Å². The molecular weight excluding hydrogens is 348 g/mol. The van der Waals surface area contributed by atoms with Crippen LogP contribution in [-0.4, -0.2) is 76.0 Å². The lowest BCUT2D eigenvalue weighted by Gasteiger charge is -2.35. The summed E-state index contributed by atoms with van der Waals surface area (Å²) in [4.78, 5) is 40.7. The second-order valence-electron chi connectivity index (χ2n) is 6.84. The first kappa shape index (κ1) is 18.8. The van der Waals surface area contributed by atoms with Crippen LogP contribution in [0, 0.1) is 0 Å². The number of rotatable bonds is 5. The molecule has 0 bridgehead atoms. The van der Waals surface area contributed by atoms with Gasteiger partial charge in [-0.2, -0.15) is 0 Å². The van der Waals surface area contributed by atoms with Crippen molar-refractivity contribution in [1.29, 1.82) is 0 Å². The Kier molecular flexibility index (Phi) is 5.70. The van der Waals surface area contributed by atoms with E-state index < -0.39 is 11.4 Å². The number of aromatic hydroxyl groups is 1. The van der Waals surface area contributed by atoms with E-state index in [4.69, 9.17) is 0 Å². The Morgan fingerprint density at radius 3 is 2.56 bits per heavy atom. The van der Waals surface area contributed by atoms with Gasteiger partial charge >= 0.3 is 0 Å². The smallest absolute Gasteiger partial charge is 0.258 e. The van der Waals surface area contributed by atoms with E-state index in [0.717, 1.165) is 24.3 Å². The van der Waals surface area contributed by atoms with Crippen LogP contribution in [0.15, 0.2) is 29.5 Å². The van der Waals surface area contributed by atoms with Gasteiger partial charge in [-0.1, -0.05) is 6.07 Å². The van der Waals surface area contributed by atoms with Gasteiger partial charge in [0.1, 0.15) is 5.82 Å². The Morgan fingerprint density at radius 1 is 1.22 bits per heavy atom. The molecule has 3 heterocycles. The number of H-pyrrole nitrogens is 1. The van der Waals surface area contributed by atoms with Gasteiger partial charge in [-0.15, -0.1) is 0 Å². The lowest BCUT2D eigenvalue weighted by molar-refractivity contribution is -0.130. The molecule has 0 saturated carbocycles. The van der Waals surface area contributed by atoms with Crippen LogP contribution in [0.25, 0.3) is 0 Å². The van der Waals surface area contributed by atoms with Crippen molar-refractivity contribution < 1.29 is 9.90 Å². The number of anilines is 1. The molecule has 1 aliphatic rings. The molecule has 0 aromatic carbocycles. The fraction of sp³-hybridized carbons (Fsp3) is 0.444. The van der Waals surface area contributed by atoms with Gasteiger partial charge in [0.05, 0.1) is 18.3 Å². The van der Waals surface area contributed by atoms with E-state index >= 15 is 0 Å². The number of aromatic amines is 1. The topological polar surface area (TPSA) is 106 Å². The highest BCUT2D eigenvalue weighted by atomic mass is 16.3. The van der Waals surface area contributed by atoms with Gasteiger partial charge in [0, 0.05) is 38.9 Å². The predicted molar refractivity (Wildman–Crippen MR) is 101 cm³/mol. The van der Waals surface area contributed by atoms with Crippen molar-refractivity contribution in [3.8, 4) is 5.88 Å². The number of hydrogen-bond acceptors (Lipinski definition) is 7. The Bertz CT molecular complexity index is 841. The van der Waals surface area contributed by atoms with Crippen LogP contribution in [0.4, 0.5) is 5.82 Å². The molecular formula is C18H24N6O3. The van der Waals surface area contributed by atoms with Crippen LogP contribution in [0.3, 0.4) is 0 Å². The number of aromatic nitrogens is 3. The van der Waals surface area contributed by atoms with Gasteiger partial charge in [-0.3, -0.25) is 9.59 Å². The first-order valence-corrected chi connectivity index (χ1v) is 8.82. The number of piperazine rings is 1. The molecule has 0 aliphatic carbocycles. The lowest BCUT2D eigenvalue weighted by atomic mass is 10.2. The minimum absolute atomic E-state index is 0.00285. The van der Waals surface area contributed by atoms with E-state index in [1.54, 1.807) is 4.90 Å². The first-order valence-electron chi connectivity index (χ1n) is 8.82. The Morgan fingerprint density at radius 2 is 1.96 bits per heavy atom. The van der Waals surface area contributed by atoms with E-state index in [-0.39, 0.29) is 17.9 Å². The number of nitrogens with zero attached hydrogens (tertiary/aromatic N) is 5. The fourth-order valence-corrected chi connectivity index (χ4v) is 3.09. The summed E-state index contributed by atoms with van der Waals surface area (Å²) in [6, 6.07) is 4.07. The number of hydrogen-bond donors (Lipinski definition) is 2. The van der Waals surface area contributed by atoms with Crippen LogP contribution in [-0.2, 0) is 17.8 Å². The third-order valence-corrected chi connectivity index (χ3v) is 4.52. The monoisotopic (exact) mass is 372 g/mol. The number of pyridine rings is 1. The highest BCUT2D eigenvalue weighted by Gasteiger charge is 2.23. The summed E-state index contributed by atoms with van der Waals surface area (Å²) >= 11 is 0. The number of carbonyl (C=O) groups excluding carboxylic acids is 1. The van der Waals surface area contributed by atoms with E-state index in [2.05, 4.69) is 30.8 Å². The number of nitrogens with one attached hydrogen (secondary N) is 1. The molecule has 0 unspecified atom stereocenters. The van der Waals surface area contributed by atoms with Crippen LogP contribution in [0.5, 0.6) is 5.88 Å². The van der Waals surface area contributed by atoms with E-state index in [1.165, 1.54) is 0 Å². The molecule has 1 fully saturated rings. The molecule has 27 heavy (non-hydrogen) atoms. The van der Waals surface area contributed by atoms with Gasteiger partial charge in [-0.05, 0) is 25.7 Å². The van der Waals surface area contributed by atoms with Gasteiger partial charge in [0.15, 0.2) is 0 Å². The predicted octanol–water partition coefficient (Wildman–Crippen LogP) is -0.177. The average molecular weight is 372 g/mol. The maximum absolute atomic E-state index is 12.5. The molecule has 9 heteroatoms. The van der Waals surface area contributed by atoms with Gasteiger partial charge < -0.3 is 24.8 Å². The van der Waals surface area contributed by atoms with Crippen molar-refractivity contribution in [2.45, 2.75) is 13.0 Å². The molecule has 2 aromatic heterocycles. The highest BCUT2D eigenvalue weighted by molar-refractivity contribution is 5.79. The Balaban J connectivity index is 1.57. The summed E-state index contributed by atoms with van der Waals surface area (Å²) in [5, 5.41) is 9.68. The minimum atomic E-state index is -0.489. The molecule has 9 nitrogen and oxygen atoms in total. The summed E-state index contributed by atoms with van der Waals surface area (Å²) in [5.41, 5.74) is 0.665. The zero-order chi connectivity index (χ0) is 19.4. The highest BCUT2D eigenvalue weighted by Crippen LogP contribution is 2.16. The summed E-state index contributed by atoms with van der Waals surface area (Å²) in [5.74, 6) is 0.302. The maximum atomic E-state index is 12.5. The van der Waals surface area contributed by atoms with Crippen molar-refractivity contribution in [3.05, 3.63) is 46.1 Å². The normalized spacial score (nSPS) is 14.6. The molecule has 1 aliphatic heterocycles. The average Bonchev–Trinajstić information content (AvgIpc) is 2.65. The molecule has 3 rings (SSSR count).